The van der Waals surface area contributed by atoms with E-state index in [1.54, 1.807) is 18.2 Å². The van der Waals surface area contributed by atoms with Gasteiger partial charge in [-0.15, -0.1) is 0 Å². The second-order valence-electron chi connectivity index (χ2n) is 8.35. The summed E-state index contributed by atoms with van der Waals surface area (Å²) in [6.07, 6.45) is 4.55. The van der Waals surface area contributed by atoms with Crippen LogP contribution in [0, 0.1) is 4.84 Å². The Labute approximate surface area is 181 Å². The molecule has 6 nitrogen and oxygen atoms in total. The topological polar surface area (TPSA) is 58.7 Å². The Balaban J connectivity index is 1.56. The summed E-state index contributed by atoms with van der Waals surface area (Å²) in [5, 5.41) is 0. The van der Waals surface area contributed by atoms with Crippen LogP contribution in [-0.2, 0) is 23.1 Å². The van der Waals surface area contributed by atoms with E-state index in [9.17, 15) is 8.42 Å². The summed E-state index contributed by atoms with van der Waals surface area (Å²) in [5.74, 6) is 0. The standard InChI is InChI=1S/C22H25N3O3S2/c1-23(2)30(26,27)17-10-12-21-20(13-17)25(22(29)28-21)14-24(16-8-9-16)19-11-7-15-5-3-4-6-18(15)19/h3-6,10,12-13,16,19H,7-9,11,14H2,1-2H3. The Hall–Kier alpha value is -2.00. The molecule has 1 aromatic heterocycles. The minimum atomic E-state index is -3.53. The minimum Gasteiger partial charge on any atom is -0.429 e. The predicted molar refractivity (Wildman–Crippen MR) is 118 cm³/mol. The Bertz CT molecular complexity index is 1270. The smallest absolute Gasteiger partial charge is 0.270 e. The van der Waals surface area contributed by atoms with Crippen LogP contribution in [-0.4, -0.2) is 42.3 Å². The number of hydrogen-bond donors (Lipinski definition) is 0. The highest BCUT2D eigenvalue weighted by Crippen LogP contribution is 2.42. The van der Waals surface area contributed by atoms with Crippen LogP contribution in [0.15, 0.2) is 51.8 Å². The van der Waals surface area contributed by atoms with Gasteiger partial charge in [0.25, 0.3) is 4.84 Å². The molecule has 1 heterocycles. The lowest BCUT2D eigenvalue weighted by atomic mass is 10.1. The Morgan fingerprint density at radius 3 is 2.63 bits per heavy atom. The van der Waals surface area contributed by atoms with E-state index in [1.807, 2.05) is 4.57 Å². The van der Waals surface area contributed by atoms with Gasteiger partial charge in [0, 0.05) is 26.2 Å². The zero-order chi connectivity index (χ0) is 21.0. The summed E-state index contributed by atoms with van der Waals surface area (Å²) in [6.45, 7) is 0.598. The molecule has 3 aromatic rings. The quantitative estimate of drug-likeness (QED) is 0.531. The fourth-order valence-corrected chi connectivity index (χ4v) is 5.63. The fourth-order valence-electron chi connectivity index (χ4n) is 4.46. The van der Waals surface area contributed by atoms with Crippen molar-refractivity contribution >= 4 is 33.3 Å². The average molecular weight is 444 g/mol. The van der Waals surface area contributed by atoms with Crippen LogP contribution in [0.25, 0.3) is 11.1 Å². The summed E-state index contributed by atoms with van der Waals surface area (Å²) in [5.41, 5.74) is 4.16. The van der Waals surface area contributed by atoms with Gasteiger partial charge in [-0.2, -0.15) is 0 Å². The maximum Gasteiger partial charge on any atom is 0.270 e. The van der Waals surface area contributed by atoms with Gasteiger partial charge in [0.15, 0.2) is 5.58 Å². The van der Waals surface area contributed by atoms with E-state index >= 15 is 0 Å². The molecule has 158 valence electrons. The zero-order valence-corrected chi connectivity index (χ0v) is 18.7. The molecule has 8 heteroatoms. The molecule has 1 atom stereocenters. The molecule has 0 aliphatic heterocycles. The largest absolute Gasteiger partial charge is 0.429 e. The summed E-state index contributed by atoms with van der Waals surface area (Å²) >= 11 is 5.53. The van der Waals surface area contributed by atoms with E-state index < -0.39 is 10.0 Å². The number of sulfonamides is 1. The van der Waals surface area contributed by atoms with E-state index in [2.05, 4.69) is 29.2 Å². The highest BCUT2D eigenvalue weighted by Gasteiger charge is 2.38. The normalized spacial score (nSPS) is 19.1. The number of fused-ring (bicyclic) bond motifs is 2. The summed E-state index contributed by atoms with van der Waals surface area (Å²) in [7, 11) is -0.462. The third kappa shape index (κ3) is 3.32. The summed E-state index contributed by atoms with van der Waals surface area (Å²) < 4.78 is 34.2. The van der Waals surface area contributed by atoms with Crippen molar-refractivity contribution in [1.82, 2.24) is 13.8 Å². The molecule has 1 saturated carbocycles. The number of benzene rings is 2. The van der Waals surface area contributed by atoms with Gasteiger partial charge in [0.2, 0.25) is 10.0 Å². The number of nitrogens with zero attached hydrogens (tertiary/aromatic N) is 3. The van der Waals surface area contributed by atoms with E-state index in [-0.39, 0.29) is 4.90 Å². The molecule has 2 aliphatic rings. The summed E-state index contributed by atoms with van der Waals surface area (Å²) in [4.78, 5) is 3.14. The first kappa shape index (κ1) is 19.9. The molecule has 0 bridgehead atoms. The number of aryl methyl sites for hydroxylation is 1. The predicted octanol–water partition coefficient (Wildman–Crippen LogP) is 4.32. The fraction of sp³-hybridized carbons (Fsp3) is 0.409. The van der Waals surface area contributed by atoms with Crippen molar-refractivity contribution in [3.63, 3.8) is 0 Å². The second kappa shape index (κ2) is 7.30. The van der Waals surface area contributed by atoms with Crippen LogP contribution in [0.1, 0.15) is 36.4 Å². The van der Waals surface area contributed by atoms with Gasteiger partial charge in [-0.1, -0.05) is 24.3 Å². The van der Waals surface area contributed by atoms with Crippen molar-refractivity contribution in [2.24, 2.45) is 0 Å². The van der Waals surface area contributed by atoms with Crippen molar-refractivity contribution in [2.75, 3.05) is 14.1 Å². The molecule has 0 amide bonds. The molecule has 5 rings (SSSR count). The monoisotopic (exact) mass is 443 g/mol. The van der Waals surface area contributed by atoms with E-state index in [1.165, 1.54) is 42.4 Å². The van der Waals surface area contributed by atoms with Crippen molar-refractivity contribution in [2.45, 2.75) is 49.3 Å². The van der Waals surface area contributed by atoms with Crippen LogP contribution in [0.4, 0.5) is 0 Å². The first-order chi connectivity index (χ1) is 14.4. The molecule has 0 spiro atoms. The first-order valence-electron chi connectivity index (χ1n) is 10.3. The van der Waals surface area contributed by atoms with E-state index in [0.717, 1.165) is 18.4 Å². The van der Waals surface area contributed by atoms with Crippen molar-refractivity contribution in [1.29, 1.82) is 0 Å². The molecule has 0 radical (unpaired) electrons. The highest BCUT2D eigenvalue weighted by atomic mass is 32.2. The molecular formula is C22H25N3O3S2. The number of rotatable bonds is 6. The Kier molecular flexibility index (Phi) is 4.85. The lowest BCUT2D eigenvalue weighted by molar-refractivity contribution is 0.140. The van der Waals surface area contributed by atoms with E-state index in [4.69, 9.17) is 16.6 Å². The van der Waals surface area contributed by atoms with Crippen LogP contribution in [0.5, 0.6) is 0 Å². The lowest BCUT2D eigenvalue weighted by Crippen LogP contribution is -2.32. The number of oxazole rings is 1. The van der Waals surface area contributed by atoms with Crippen LogP contribution in [0.3, 0.4) is 0 Å². The Morgan fingerprint density at radius 1 is 1.13 bits per heavy atom. The summed E-state index contributed by atoms with van der Waals surface area (Å²) in [6, 6.07) is 14.5. The zero-order valence-electron chi connectivity index (χ0n) is 17.1. The van der Waals surface area contributed by atoms with Crippen LogP contribution >= 0.6 is 12.2 Å². The molecule has 0 N–H and O–H groups in total. The van der Waals surface area contributed by atoms with Crippen molar-refractivity contribution < 1.29 is 12.8 Å². The maximum absolute atomic E-state index is 12.6. The lowest BCUT2D eigenvalue weighted by Gasteiger charge is -2.30. The van der Waals surface area contributed by atoms with Gasteiger partial charge in [-0.25, -0.2) is 12.7 Å². The van der Waals surface area contributed by atoms with Gasteiger partial charge in [-0.05, 0) is 67.2 Å². The molecule has 2 aliphatic carbocycles. The van der Waals surface area contributed by atoms with E-state index in [0.29, 0.717) is 29.2 Å². The number of hydrogen-bond acceptors (Lipinski definition) is 5. The van der Waals surface area contributed by atoms with Gasteiger partial charge in [0.05, 0.1) is 17.1 Å². The van der Waals surface area contributed by atoms with Crippen molar-refractivity contribution in [3.8, 4) is 0 Å². The van der Waals surface area contributed by atoms with Gasteiger partial charge in [0.1, 0.15) is 0 Å². The van der Waals surface area contributed by atoms with Gasteiger partial charge in [-0.3, -0.25) is 9.47 Å². The molecular weight excluding hydrogens is 418 g/mol. The number of aromatic nitrogens is 1. The molecule has 30 heavy (non-hydrogen) atoms. The molecule has 1 fully saturated rings. The highest BCUT2D eigenvalue weighted by molar-refractivity contribution is 7.89. The van der Waals surface area contributed by atoms with Crippen LogP contribution in [0.2, 0.25) is 0 Å². The molecule has 0 saturated heterocycles. The van der Waals surface area contributed by atoms with Gasteiger partial charge < -0.3 is 4.42 Å². The molecule has 1 unspecified atom stereocenters. The third-order valence-electron chi connectivity index (χ3n) is 6.24. The SMILES string of the molecule is CN(C)S(=O)(=O)c1ccc2oc(=S)n(CN(C3CC3)C3CCc4ccccc43)c2c1. The minimum absolute atomic E-state index is 0.244. The van der Waals surface area contributed by atoms with Gasteiger partial charge >= 0.3 is 0 Å². The maximum atomic E-state index is 12.6. The Morgan fingerprint density at radius 2 is 1.90 bits per heavy atom. The third-order valence-corrected chi connectivity index (χ3v) is 8.35. The average Bonchev–Trinajstić information content (AvgIpc) is 3.40. The van der Waals surface area contributed by atoms with Crippen LogP contribution < -0.4 is 0 Å². The first-order valence-corrected chi connectivity index (χ1v) is 12.1. The second-order valence-corrected chi connectivity index (χ2v) is 10.9. The van der Waals surface area contributed by atoms with Crippen molar-refractivity contribution in [3.05, 3.63) is 58.4 Å². The molecule has 2 aromatic carbocycles.